The number of amides is 1. The van der Waals surface area contributed by atoms with E-state index in [1.54, 1.807) is 11.0 Å². The Hall–Kier alpha value is -2.31. The summed E-state index contributed by atoms with van der Waals surface area (Å²) in [5, 5.41) is 0. The molecule has 1 heterocycles. The van der Waals surface area contributed by atoms with Gasteiger partial charge in [-0.3, -0.25) is 9.79 Å². The SMILES string of the molecule is N/C(=C\C=NC[C@@H]1CCCN1C=O)c1ccc(C(F)(F)F)cc1. The van der Waals surface area contributed by atoms with Crippen LogP contribution in [0.4, 0.5) is 13.2 Å². The van der Waals surface area contributed by atoms with Crippen LogP contribution in [0.1, 0.15) is 24.0 Å². The van der Waals surface area contributed by atoms with Gasteiger partial charge >= 0.3 is 6.18 Å². The first-order valence-corrected chi connectivity index (χ1v) is 7.26. The minimum Gasteiger partial charge on any atom is -0.398 e. The van der Waals surface area contributed by atoms with Gasteiger partial charge < -0.3 is 10.6 Å². The minimum absolute atomic E-state index is 0.115. The largest absolute Gasteiger partial charge is 0.416 e. The van der Waals surface area contributed by atoms with E-state index in [4.69, 9.17) is 5.73 Å². The fourth-order valence-electron chi connectivity index (χ4n) is 2.46. The van der Waals surface area contributed by atoms with Gasteiger partial charge in [-0.1, -0.05) is 12.1 Å². The molecule has 124 valence electrons. The lowest BCUT2D eigenvalue weighted by molar-refractivity contribution is -0.137. The molecule has 1 aliphatic heterocycles. The van der Waals surface area contributed by atoms with Crippen molar-refractivity contribution in [2.45, 2.75) is 25.1 Å². The van der Waals surface area contributed by atoms with Gasteiger partial charge in [-0.2, -0.15) is 13.2 Å². The highest BCUT2D eigenvalue weighted by molar-refractivity contribution is 5.83. The Morgan fingerprint density at radius 1 is 1.35 bits per heavy atom. The number of nitrogens with two attached hydrogens (primary N) is 1. The summed E-state index contributed by atoms with van der Waals surface area (Å²) >= 11 is 0. The van der Waals surface area contributed by atoms with Gasteiger partial charge in [0.1, 0.15) is 0 Å². The van der Waals surface area contributed by atoms with E-state index in [0.29, 0.717) is 17.8 Å². The third-order valence-corrected chi connectivity index (χ3v) is 3.78. The molecule has 0 aromatic heterocycles. The summed E-state index contributed by atoms with van der Waals surface area (Å²) in [5.74, 6) is 0. The van der Waals surface area contributed by atoms with Crippen LogP contribution in [-0.4, -0.2) is 36.7 Å². The zero-order valence-electron chi connectivity index (χ0n) is 12.5. The molecule has 1 saturated heterocycles. The van der Waals surface area contributed by atoms with Gasteiger partial charge in [-0.25, -0.2) is 0 Å². The van der Waals surface area contributed by atoms with Gasteiger partial charge in [0.25, 0.3) is 0 Å². The number of benzene rings is 1. The fraction of sp³-hybridized carbons (Fsp3) is 0.375. The Labute approximate surface area is 132 Å². The van der Waals surface area contributed by atoms with Crippen LogP contribution in [0.2, 0.25) is 0 Å². The van der Waals surface area contributed by atoms with Crippen molar-refractivity contribution >= 4 is 18.3 Å². The normalized spacial score (nSPS) is 19.5. The van der Waals surface area contributed by atoms with E-state index in [1.165, 1.54) is 18.3 Å². The molecule has 0 radical (unpaired) electrons. The average molecular weight is 325 g/mol. The molecule has 7 heteroatoms. The van der Waals surface area contributed by atoms with E-state index >= 15 is 0 Å². The smallest absolute Gasteiger partial charge is 0.398 e. The fourth-order valence-corrected chi connectivity index (χ4v) is 2.46. The molecule has 0 aliphatic carbocycles. The average Bonchev–Trinajstić information content (AvgIpc) is 2.98. The highest BCUT2D eigenvalue weighted by atomic mass is 19.4. The summed E-state index contributed by atoms with van der Waals surface area (Å²) in [6.07, 6.45) is 1.44. The molecule has 4 nitrogen and oxygen atoms in total. The number of allylic oxidation sites excluding steroid dienone is 1. The molecule has 1 fully saturated rings. The van der Waals surface area contributed by atoms with Crippen LogP contribution in [0.25, 0.3) is 5.70 Å². The van der Waals surface area contributed by atoms with Gasteiger partial charge in [0.15, 0.2) is 0 Å². The summed E-state index contributed by atoms with van der Waals surface area (Å²) in [7, 11) is 0. The third kappa shape index (κ3) is 4.58. The molecule has 0 spiro atoms. The van der Waals surface area contributed by atoms with E-state index < -0.39 is 11.7 Å². The molecule has 2 rings (SSSR count). The number of carbonyl (C=O) groups is 1. The van der Waals surface area contributed by atoms with Gasteiger partial charge in [-0.05, 0) is 36.6 Å². The minimum atomic E-state index is -4.36. The zero-order chi connectivity index (χ0) is 16.9. The number of rotatable bonds is 5. The van der Waals surface area contributed by atoms with Crippen LogP contribution < -0.4 is 5.73 Å². The first-order valence-electron chi connectivity index (χ1n) is 7.26. The lowest BCUT2D eigenvalue weighted by Gasteiger charge is -2.17. The molecule has 1 atom stereocenters. The second-order valence-corrected chi connectivity index (χ2v) is 5.35. The highest BCUT2D eigenvalue weighted by Gasteiger charge is 2.29. The first-order chi connectivity index (χ1) is 10.9. The summed E-state index contributed by atoms with van der Waals surface area (Å²) in [4.78, 5) is 16.7. The molecule has 0 saturated carbocycles. The predicted octanol–water partition coefficient (Wildman–Crippen LogP) is 2.70. The van der Waals surface area contributed by atoms with E-state index in [2.05, 4.69) is 4.99 Å². The van der Waals surface area contributed by atoms with Crippen LogP contribution in [0, 0.1) is 0 Å². The van der Waals surface area contributed by atoms with Crippen molar-refractivity contribution < 1.29 is 18.0 Å². The first kappa shape index (κ1) is 17.1. The Morgan fingerprint density at radius 3 is 2.65 bits per heavy atom. The number of hydrogen-bond acceptors (Lipinski definition) is 3. The molecule has 1 amide bonds. The topological polar surface area (TPSA) is 58.7 Å². The van der Waals surface area contributed by atoms with E-state index in [9.17, 15) is 18.0 Å². The van der Waals surface area contributed by atoms with Gasteiger partial charge in [0, 0.05) is 18.5 Å². The number of alkyl halides is 3. The van der Waals surface area contributed by atoms with Crippen molar-refractivity contribution in [2.24, 2.45) is 10.7 Å². The highest BCUT2D eigenvalue weighted by Crippen LogP contribution is 2.29. The maximum Gasteiger partial charge on any atom is 0.416 e. The quantitative estimate of drug-likeness (QED) is 0.668. The molecular formula is C16H18F3N3O. The Balaban J connectivity index is 1.94. The summed E-state index contributed by atoms with van der Waals surface area (Å²) < 4.78 is 37.4. The maximum absolute atomic E-state index is 12.5. The maximum atomic E-state index is 12.5. The van der Waals surface area contributed by atoms with Gasteiger partial charge in [0.2, 0.25) is 6.41 Å². The van der Waals surface area contributed by atoms with E-state index in [-0.39, 0.29) is 6.04 Å². The molecule has 1 aliphatic rings. The molecule has 2 N–H and O–H groups in total. The molecule has 23 heavy (non-hydrogen) atoms. The van der Waals surface area contributed by atoms with Crippen molar-refractivity contribution in [1.82, 2.24) is 4.90 Å². The van der Waals surface area contributed by atoms with Crippen molar-refractivity contribution in [2.75, 3.05) is 13.1 Å². The Bertz CT molecular complexity index is 594. The number of aliphatic imine (C=N–C) groups is 1. The molecule has 0 bridgehead atoms. The van der Waals surface area contributed by atoms with E-state index in [1.807, 2.05) is 0 Å². The lowest BCUT2D eigenvalue weighted by Crippen LogP contribution is -2.30. The van der Waals surface area contributed by atoms with Crippen molar-refractivity contribution in [3.8, 4) is 0 Å². The molecule has 0 unspecified atom stereocenters. The van der Waals surface area contributed by atoms with Crippen LogP contribution in [0.3, 0.4) is 0 Å². The van der Waals surface area contributed by atoms with Gasteiger partial charge in [0.05, 0.1) is 18.2 Å². The number of nitrogens with zero attached hydrogens (tertiary/aromatic N) is 2. The molecular weight excluding hydrogens is 307 g/mol. The number of likely N-dealkylation sites (tertiary alicyclic amines) is 1. The Morgan fingerprint density at radius 2 is 2.04 bits per heavy atom. The second kappa shape index (κ2) is 7.30. The van der Waals surface area contributed by atoms with Crippen LogP contribution >= 0.6 is 0 Å². The number of halogens is 3. The molecule has 1 aromatic carbocycles. The third-order valence-electron chi connectivity index (χ3n) is 3.78. The monoisotopic (exact) mass is 325 g/mol. The zero-order valence-corrected chi connectivity index (χ0v) is 12.5. The van der Waals surface area contributed by atoms with Crippen molar-refractivity contribution in [1.29, 1.82) is 0 Å². The summed E-state index contributed by atoms with van der Waals surface area (Å²) in [6, 6.07) is 4.76. The second-order valence-electron chi connectivity index (χ2n) is 5.35. The van der Waals surface area contributed by atoms with Crippen molar-refractivity contribution in [3.63, 3.8) is 0 Å². The predicted molar refractivity (Wildman–Crippen MR) is 82.8 cm³/mol. The van der Waals surface area contributed by atoms with Crippen LogP contribution in [0.15, 0.2) is 35.3 Å². The number of hydrogen-bond donors (Lipinski definition) is 1. The van der Waals surface area contributed by atoms with Crippen molar-refractivity contribution in [3.05, 3.63) is 41.5 Å². The Kier molecular flexibility index (Phi) is 5.41. The van der Waals surface area contributed by atoms with Crippen LogP contribution in [-0.2, 0) is 11.0 Å². The molecule has 1 aromatic rings. The van der Waals surface area contributed by atoms with E-state index in [0.717, 1.165) is 37.9 Å². The van der Waals surface area contributed by atoms with Crippen LogP contribution in [0.5, 0.6) is 0 Å². The van der Waals surface area contributed by atoms with Gasteiger partial charge in [-0.15, -0.1) is 0 Å². The summed E-state index contributed by atoms with van der Waals surface area (Å²) in [5.41, 5.74) is 5.95. The standard InChI is InChI=1S/C16H18F3N3O/c17-16(18,19)13-5-3-12(4-6-13)15(20)7-8-21-10-14-2-1-9-22(14)11-23/h3-8,11,14H,1-2,9-10,20H2/b15-7-,21-8?/t14-/m0/s1. The number of carbonyl (C=O) groups excluding carboxylic acids is 1. The lowest BCUT2D eigenvalue weighted by atomic mass is 10.1. The summed E-state index contributed by atoms with van der Waals surface area (Å²) in [6.45, 7) is 1.25.